The average Bonchev–Trinajstić information content (AvgIpc) is 3.41. The molecule has 140 valence electrons. The van der Waals surface area contributed by atoms with Gasteiger partial charge in [0, 0.05) is 36.5 Å². The van der Waals surface area contributed by atoms with Crippen LogP contribution in [0.4, 0.5) is 0 Å². The van der Waals surface area contributed by atoms with Crippen LogP contribution in [-0.2, 0) is 11.3 Å². The van der Waals surface area contributed by atoms with Gasteiger partial charge < -0.3 is 14.0 Å². The zero-order chi connectivity index (χ0) is 18.8. The first kappa shape index (κ1) is 17.5. The van der Waals surface area contributed by atoms with Crippen molar-refractivity contribution in [1.82, 2.24) is 19.6 Å². The summed E-state index contributed by atoms with van der Waals surface area (Å²) in [5.74, 6) is 2.05. The van der Waals surface area contributed by atoms with Crippen LogP contribution < -0.4 is 0 Å². The van der Waals surface area contributed by atoms with Gasteiger partial charge >= 0.3 is 0 Å². The maximum absolute atomic E-state index is 13.0. The Morgan fingerprint density at radius 1 is 1.30 bits per heavy atom. The molecule has 0 bridgehead atoms. The highest BCUT2D eigenvalue weighted by atomic mass is 16.5. The van der Waals surface area contributed by atoms with E-state index in [0.29, 0.717) is 0 Å². The minimum Gasteiger partial charge on any atom is -0.361 e. The number of benzene rings is 1. The van der Waals surface area contributed by atoms with Crippen LogP contribution in [0.1, 0.15) is 50.1 Å². The standard InChI is InChI=1S/C21H24N4O2/c1-15(2)19-13-17(23-27-19)18-9-6-11-25(18)20(26)14-24-12-10-22-21(24)16-7-4-3-5-8-16/h3-5,7-8,10,12-13,15,18H,6,9,11,14H2,1-2H3. The Hall–Kier alpha value is -2.89. The number of rotatable bonds is 5. The lowest BCUT2D eigenvalue weighted by molar-refractivity contribution is -0.132. The molecule has 4 rings (SSSR count). The fraction of sp³-hybridized carbons (Fsp3) is 0.381. The molecule has 2 aromatic heterocycles. The van der Waals surface area contributed by atoms with Crippen LogP contribution in [0.2, 0.25) is 0 Å². The molecule has 1 unspecified atom stereocenters. The van der Waals surface area contributed by atoms with Gasteiger partial charge in [0.25, 0.3) is 0 Å². The van der Waals surface area contributed by atoms with E-state index in [1.54, 1.807) is 6.20 Å². The molecule has 0 saturated carbocycles. The normalized spacial score (nSPS) is 17.0. The molecule has 1 saturated heterocycles. The van der Waals surface area contributed by atoms with Crippen molar-refractivity contribution in [3.8, 4) is 11.4 Å². The molecule has 3 heterocycles. The van der Waals surface area contributed by atoms with Crippen LogP contribution in [0.25, 0.3) is 11.4 Å². The van der Waals surface area contributed by atoms with E-state index < -0.39 is 0 Å². The summed E-state index contributed by atoms with van der Waals surface area (Å²) in [6.45, 7) is 5.18. The molecule has 1 fully saturated rings. The second-order valence-electron chi connectivity index (χ2n) is 7.30. The van der Waals surface area contributed by atoms with Crippen LogP contribution in [-0.4, -0.2) is 32.1 Å². The van der Waals surface area contributed by atoms with Gasteiger partial charge in [-0.15, -0.1) is 0 Å². The van der Waals surface area contributed by atoms with Gasteiger partial charge in [-0.05, 0) is 12.8 Å². The quantitative estimate of drug-likeness (QED) is 0.686. The lowest BCUT2D eigenvalue weighted by Gasteiger charge is -2.23. The largest absolute Gasteiger partial charge is 0.361 e. The lowest BCUT2D eigenvalue weighted by Crippen LogP contribution is -2.33. The van der Waals surface area contributed by atoms with Crippen LogP contribution in [0.3, 0.4) is 0 Å². The van der Waals surface area contributed by atoms with Gasteiger partial charge in [-0.25, -0.2) is 4.98 Å². The summed E-state index contributed by atoms with van der Waals surface area (Å²) in [6, 6.07) is 11.9. The van der Waals surface area contributed by atoms with Gasteiger partial charge in [0.2, 0.25) is 5.91 Å². The van der Waals surface area contributed by atoms with Crippen molar-refractivity contribution < 1.29 is 9.32 Å². The molecule has 1 amide bonds. The molecule has 1 aliphatic rings. The maximum atomic E-state index is 13.0. The van der Waals surface area contributed by atoms with E-state index in [4.69, 9.17) is 4.52 Å². The predicted octanol–water partition coefficient (Wildman–Crippen LogP) is 4.03. The van der Waals surface area contributed by atoms with Crippen LogP contribution in [0, 0.1) is 0 Å². The molecule has 1 atom stereocenters. The predicted molar refractivity (Wildman–Crippen MR) is 102 cm³/mol. The smallest absolute Gasteiger partial charge is 0.243 e. The highest BCUT2D eigenvalue weighted by Crippen LogP contribution is 2.33. The number of carbonyl (C=O) groups is 1. The molecule has 0 aliphatic carbocycles. The van der Waals surface area contributed by atoms with Crippen molar-refractivity contribution in [3.05, 3.63) is 60.2 Å². The minimum atomic E-state index is -0.00236. The SMILES string of the molecule is CC(C)c1cc(C2CCCN2C(=O)Cn2ccnc2-c2ccccc2)no1. The van der Waals surface area contributed by atoms with E-state index in [1.165, 1.54) is 0 Å². The summed E-state index contributed by atoms with van der Waals surface area (Å²) in [4.78, 5) is 19.4. The van der Waals surface area contributed by atoms with Crippen LogP contribution in [0.5, 0.6) is 0 Å². The summed E-state index contributed by atoms with van der Waals surface area (Å²) in [7, 11) is 0. The number of imidazole rings is 1. The van der Waals surface area contributed by atoms with Gasteiger partial charge in [-0.3, -0.25) is 4.79 Å². The monoisotopic (exact) mass is 364 g/mol. The summed E-state index contributed by atoms with van der Waals surface area (Å²) < 4.78 is 7.36. The van der Waals surface area contributed by atoms with Gasteiger partial charge in [-0.2, -0.15) is 0 Å². The van der Waals surface area contributed by atoms with Crippen LogP contribution in [0.15, 0.2) is 53.3 Å². The Morgan fingerprint density at radius 2 is 2.11 bits per heavy atom. The molecule has 1 aliphatic heterocycles. The zero-order valence-electron chi connectivity index (χ0n) is 15.7. The highest BCUT2D eigenvalue weighted by molar-refractivity contribution is 5.77. The summed E-state index contributed by atoms with van der Waals surface area (Å²) in [5, 5.41) is 4.23. The van der Waals surface area contributed by atoms with Crippen molar-refractivity contribution in [1.29, 1.82) is 0 Å². The summed E-state index contributed by atoms with van der Waals surface area (Å²) in [6.07, 6.45) is 5.50. The van der Waals surface area contributed by atoms with E-state index in [2.05, 4.69) is 24.0 Å². The number of carbonyl (C=O) groups excluding carboxylic acids is 1. The lowest BCUT2D eigenvalue weighted by atomic mass is 10.1. The third kappa shape index (κ3) is 3.52. The molecule has 27 heavy (non-hydrogen) atoms. The molecule has 0 N–H and O–H groups in total. The first-order valence-electron chi connectivity index (χ1n) is 9.46. The van der Waals surface area contributed by atoms with Crippen molar-refractivity contribution in [3.63, 3.8) is 0 Å². The fourth-order valence-electron chi connectivity index (χ4n) is 3.63. The molecule has 0 spiro atoms. The van der Waals surface area contributed by atoms with Crippen molar-refractivity contribution in [2.24, 2.45) is 0 Å². The number of nitrogens with zero attached hydrogens (tertiary/aromatic N) is 4. The topological polar surface area (TPSA) is 64.2 Å². The van der Waals surface area contributed by atoms with E-state index in [9.17, 15) is 4.79 Å². The molecule has 6 nitrogen and oxygen atoms in total. The molecular formula is C21H24N4O2. The number of hydrogen-bond acceptors (Lipinski definition) is 4. The summed E-state index contributed by atoms with van der Waals surface area (Å²) >= 11 is 0. The zero-order valence-corrected chi connectivity index (χ0v) is 15.7. The minimum absolute atomic E-state index is 0.00236. The van der Waals surface area contributed by atoms with Gasteiger partial charge in [0.15, 0.2) is 0 Å². The Labute approximate surface area is 158 Å². The number of hydrogen-bond donors (Lipinski definition) is 0. The third-order valence-corrected chi connectivity index (χ3v) is 5.08. The average molecular weight is 364 g/mol. The van der Waals surface area contributed by atoms with Crippen molar-refractivity contribution >= 4 is 5.91 Å². The Morgan fingerprint density at radius 3 is 2.85 bits per heavy atom. The molecule has 1 aromatic carbocycles. The maximum Gasteiger partial charge on any atom is 0.243 e. The Kier molecular flexibility index (Phi) is 4.79. The first-order chi connectivity index (χ1) is 13.1. The van der Waals surface area contributed by atoms with Gasteiger partial charge in [0.1, 0.15) is 23.8 Å². The van der Waals surface area contributed by atoms with Crippen LogP contribution >= 0.6 is 0 Å². The van der Waals surface area contributed by atoms with Crippen molar-refractivity contribution in [2.45, 2.75) is 45.2 Å². The molecule has 3 aromatic rings. The number of likely N-dealkylation sites (tertiary alicyclic amines) is 1. The van der Waals surface area contributed by atoms with E-state index in [0.717, 1.165) is 42.2 Å². The Bertz CT molecular complexity index is 913. The molecule has 6 heteroatoms. The highest BCUT2D eigenvalue weighted by Gasteiger charge is 2.32. The number of aromatic nitrogens is 3. The van der Waals surface area contributed by atoms with Gasteiger partial charge in [-0.1, -0.05) is 49.3 Å². The second-order valence-corrected chi connectivity index (χ2v) is 7.30. The van der Waals surface area contributed by atoms with Gasteiger partial charge in [0.05, 0.1) is 6.04 Å². The fourth-order valence-corrected chi connectivity index (χ4v) is 3.63. The van der Waals surface area contributed by atoms with E-state index >= 15 is 0 Å². The number of amides is 1. The summed E-state index contributed by atoms with van der Waals surface area (Å²) in [5.41, 5.74) is 1.87. The first-order valence-corrected chi connectivity index (χ1v) is 9.46. The second kappa shape index (κ2) is 7.39. The Balaban J connectivity index is 1.52. The molecule has 0 radical (unpaired) electrons. The van der Waals surface area contributed by atoms with Crippen molar-refractivity contribution in [2.75, 3.05) is 6.54 Å². The van der Waals surface area contributed by atoms with E-state index in [-0.39, 0.29) is 24.4 Å². The van der Waals surface area contributed by atoms with E-state index in [1.807, 2.05) is 52.1 Å². The molecular weight excluding hydrogens is 340 g/mol. The third-order valence-electron chi connectivity index (χ3n) is 5.08.